The van der Waals surface area contributed by atoms with Gasteiger partial charge in [0.2, 0.25) is 0 Å². The number of nitrogens with two attached hydrogens (primary N) is 1. The Labute approximate surface area is 181 Å². The zero-order chi connectivity index (χ0) is 21.0. The van der Waals surface area contributed by atoms with Crippen molar-refractivity contribution in [2.24, 2.45) is 0 Å². The Kier molecular flexibility index (Phi) is 5.15. The first kappa shape index (κ1) is 20.4. The summed E-state index contributed by atoms with van der Waals surface area (Å²) in [7, 11) is 2.10. The van der Waals surface area contributed by atoms with Crippen molar-refractivity contribution in [3.8, 4) is 0 Å². The predicted octanol–water partition coefficient (Wildman–Crippen LogP) is 1.73. The van der Waals surface area contributed by atoms with E-state index >= 15 is 0 Å². The van der Waals surface area contributed by atoms with Crippen LogP contribution in [0.25, 0.3) is 11.2 Å². The van der Waals surface area contributed by atoms with Gasteiger partial charge in [-0.1, -0.05) is 23.4 Å². The highest BCUT2D eigenvalue weighted by Crippen LogP contribution is 2.58. The van der Waals surface area contributed by atoms with Crippen LogP contribution in [0.2, 0.25) is 5.02 Å². The van der Waals surface area contributed by atoms with Crippen LogP contribution < -0.4 is 5.73 Å². The highest BCUT2D eigenvalue weighted by Gasteiger charge is 2.57. The van der Waals surface area contributed by atoms with Gasteiger partial charge in [0.25, 0.3) is 0 Å². The third-order valence-corrected chi connectivity index (χ3v) is 7.05. The molecule has 4 N–H and O–H groups in total. The fraction of sp³-hybridized carbons (Fsp3) is 0.312. The molecular formula is C16H15BClN5O5PS+. The Morgan fingerprint density at radius 2 is 2.07 bits per heavy atom. The maximum atomic E-state index is 10.9. The smallest absolute Gasteiger partial charge is 0.385 e. The number of aliphatic hydroxyl groups excluding tert-OH is 1. The van der Waals surface area contributed by atoms with Gasteiger partial charge in [-0.3, -0.25) is 4.57 Å². The van der Waals surface area contributed by atoms with Crippen LogP contribution in [-0.2, 0) is 13.8 Å². The molecule has 0 spiro atoms. The van der Waals surface area contributed by atoms with Gasteiger partial charge in [-0.05, 0) is 24.3 Å². The monoisotopic (exact) mass is 466 g/mol. The number of hydrogen-bond acceptors (Lipinski definition) is 10. The fourth-order valence-corrected chi connectivity index (χ4v) is 5.46. The summed E-state index contributed by atoms with van der Waals surface area (Å²) >= 11 is 7.29. The number of ether oxygens (including phenoxy) is 1. The van der Waals surface area contributed by atoms with Crippen molar-refractivity contribution >= 4 is 55.7 Å². The summed E-state index contributed by atoms with van der Waals surface area (Å²) in [5.74, 6) is 0.198. The molecule has 2 radical (unpaired) electrons. The number of nitrogens with zero attached hydrogens (tertiary/aromatic N) is 4. The number of anilines is 1. The highest BCUT2D eigenvalue weighted by atomic mass is 35.5. The van der Waals surface area contributed by atoms with Crippen molar-refractivity contribution in [2.45, 2.75) is 34.6 Å². The lowest BCUT2D eigenvalue weighted by Crippen LogP contribution is -2.40. The maximum absolute atomic E-state index is 10.9. The molecule has 5 atom stereocenters. The average molecular weight is 467 g/mol. The third kappa shape index (κ3) is 3.57. The van der Waals surface area contributed by atoms with Crippen LogP contribution >= 0.6 is 31.2 Å². The molecule has 10 nitrogen and oxygen atoms in total. The standard InChI is InChI=1S/C16H15BClN5O5PS/c17-29(25)26-5-9-12(28-29)11(24)15(27-9)23-14-10(13(19)20-6-21-14)22-16(23)30-8-3-1-7(18)2-4-8/h1-4,6,9,11-12,15,24-25H,5H2,(H2,19,20,21)/q+1/t9-,11+,12?,15-,29?/m1/s1. The summed E-state index contributed by atoms with van der Waals surface area (Å²) in [4.78, 5) is 23.6. The van der Waals surface area contributed by atoms with Gasteiger partial charge in [-0.2, -0.15) is 9.05 Å². The molecule has 2 aromatic heterocycles. The van der Waals surface area contributed by atoms with E-state index < -0.39 is 32.4 Å². The Morgan fingerprint density at radius 1 is 1.30 bits per heavy atom. The van der Waals surface area contributed by atoms with Crippen molar-refractivity contribution < 1.29 is 23.8 Å². The quantitative estimate of drug-likeness (QED) is 0.386. The lowest BCUT2D eigenvalue weighted by Gasteiger charge is -2.27. The minimum atomic E-state index is -3.50. The van der Waals surface area contributed by atoms with Crippen molar-refractivity contribution in [2.75, 3.05) is 12.3 Å². The van der Waals surface area contributed by atoms with Gasteiger partial charge in [-0.15, -0.1) is 0 Å². The molecule has 0 bridgehead atoms. The van der Waals surface area contributed by atoms with Gasteiger partial charge in [0, 0.05) is 9.92 Å². The Balaban J connectivity index is 1.57. The second-order valence-electron chi connectivity index (χ2n) is 6.74. The molecular weight excluding hydrogens is 452 g/mol. The van der Waals surface area contributed by atoms with Crippen molar-refractivity contribution in [1.82, 2.24) is 19.5 Å². The number of halogens is 1. The minimum Gasteiger partial charge on any atom is -0.385 e. The zero-order valence-corrected chi connectivity index (χ0v) is 17.7. The predicted molar refractivity (Wildman–Crippen MR) is 111 cm³/mol. The van der Waals surface area contributed by atoms with Crippen LogP contribution in [0.15, 0.2) is 40.6 Å². The van der Waals surface area contributed by atoms with E-state index in [-0.39, 0.29) is 12.4 Å². The minimum absolute atomic E-state index is 0.0115. The molecule has 3 aromatic rings. The number of hydrogen-bond donors (Lipinski definition) is 3. The first-order valence-corrected chi connectivity index (χ1v) is 11.7. The van der Waals surface area contributed by atoms with E-state index in [1.165, 1.54) is 18.1 Å². The fourth-order valence-electron chi connectivity index (χ4n) is 3.40. The van der Waals surface area contributed by atoms with E-state index in [0.717, 1.165) is 4.90 Å². The van der Waals surface area contributed by atoms with Crippen LogP contribution in [-0.4, -0.2) is 62.0 Å². The zero-order valence-electron chi connectivity index (χ0n) is 15.2. The van der Waals surface area contributed by atoms with Gasteiger partial charge in [0.15, 0.2) is 34.5 Å². The molecule has 0 amide bonds. The first-order chi connectivity index (χ1) is 14.3. The molecule has 0 saturated carbocycles. The maximum Gasteiger partial charge on any atom is 0.488 e. The molecule has 4 heterocycles. The van der Waals surface area contributed by atoms with Gasteiger partial charge in [-0.25, -0.2) is 19.8 Å². The van der Waals surface area contributed by atoms with Crippen LogP contribution in [0.5, 0.6) is 0 Å². The molecule has 1 aromatic carbocycles. The Bertz CT molecular complexity index is 1110. The second kappa shape index (κ2) is 7.58. The molecule has 2 fully saturated rings. The number of fused-ring (bicyclic) bond motifs is 2. The largest absolute Gasteiger partial charge is 0.488 e. The summed E-state index contributed by atoms with van der Waals surface area (Å²) < 4.78 is 18.1. The summed E-state index contributed by atoms with van der Waals surface area (Å²) in [6.07, 6.45) is -2.26. The van der Waals surface area contributed by atoms with Crippen LogP contribution in [0, 0.1) is 0 Å². The van der Waals surface area contributed by atoms with E-state index in [9.17, 15) is 10.00 Å². The summed E-state index contributed by atoms with van der Waals surface area (Å²) in [5.41, 5.74) is 6.75. The highest BCUT2D eigenvalue weighted by molar-refractivity contribution is 7.99. The lowest BCUT2D eigenvalue weighted by atomic mass is 10.1. The van der Waals surface area contributed by atoms with Crippen LogP contribution in [0.3, 0.4) is 0 Å². The average Bonchev–Trinajstić information content (AvgIpc) is 3.21. The first-order valence-electron chi connectivity index (χ1n) is 8.81. The van der Waals surface area contributed by atoms with E-state index in [1.54, 1.807) is 16.7 Å². The molecule has 14 heteroatoms. The molecule has 30 heavy (non-hydrogen) atoms. The SMILES string of the molecule is [B][P+]1(O)OC[C@H]2O[C@@H](n3c(Sc4ccc(Cl)cc4)nc4c(N)ncnc43)[C@@H](O)C2O1. The molecule has 2 aliphatic rings. The van der Waals surface area contributed by atoms with Gasteiger partial charge < -0.3 is 15.6 Å². The van der Waals surface area contributed by atoms with E-state index in [1.807, 2.05) is 12.1 Å². The van der Waals surface area contributed by atoms with E-state index in [4.69, 9.17) is 38.7 Å². The molecule has 0 aliphatic carbocycles. The lowest BCUT2D eigenvalue weighted by molar-refractivity contribution is -0.0628. The normalized spacial score (nSPS) is 31.2. The Hall–Kier alpha value is -1.50. The number of benzene rings is 1. The van der Waals surface area contributed by atoms with Gasteiger partial charge in [0.1, 0.15) is 25.1 Å². The van der Waals surface area contributed by atoms with E-state index in [0.29, 0.717) is 21.3 Å². The van der Waals surface area contributed by atoms with Crippen LogP contribution in [0.1, 0.15) is 6.23 Å². The second-order valence-corrected chi connectivity index (χ2v) is 9.81. The number of aromatic nitrogens is 4. The van der Waals surface area contributed by atoms with Crippen molar-refractivity contribution in [1.29, 1.82) is 0 Å². The van der Waals surface area contributed by atoms with Crippen molar-refractivity contribution in [3.05, 3.63) is 35.6 Å². The number of rotatable bonds is 3. The number of imidazole rings is 1. The molecule has 2 unspecified atom stereocenters. The Morgan fingerprint density at radius 3 is 2.83 bits per heavy atom. The summed E-state index contributed by atoms with van der Waals surface area (Å²) in [6, 6.07) is 7.20. The molecule has 2 aliphatic heterocycles. The summed E-state index contributed by atoms with van der Waals surface area (Å²) in [6.45, 7) is -0.0115. The number of aliphatic hydroxyl groups is 1. The van der Waals surface area contributed by atoms with Gasteiger partial charge >= 0.3 is 15.4 Å². The van der Waals surface area contributed by atoms with Crippen molar-refractivity contribution in [3.63, 3.8) is 0 Å². The third-order valence-electron chi connectivity index (χ3n) is 4.76. The topological polar surface area (TPSA) is 138 Å². The number of nitrogen functional groups attached to an aromatic ring is 1. The molecule has 2 saturated heterocycles. The molecule has 154 valence electrons. The van der Waals surface area contributed by atoms with E-state index in [2.05, 4.69) is 15.0 Å². The molecule has 5 rings (SSSR count). The summed E-state index contributed by atoms with van der Waals surface area (Å²) in [5, 5.41) is 12.0. The van der Waals surface area contributed by atoms with Crippen LogP contribution in [0.4, 0.5) is 5.82 Å². The van der Waals surface area contributed by atoms with Gasteiger partial charge in [0.05, 0.1) is 0 Å².